The molecular formula is C33H22FN3O4S2. The van der Waals surface area contributed by atoms with Gasteiger partial charge >= 0.3 is 5.97 Å². The number of aryl methyl sites for hydroxylation is 1. The van der Waals surface area contributed by atoms with Crippen LogP contribution in [0.3, 0.4) is 0 Å². The Morgan fingerprint density at radius 2 is 1.72 bits per heavy atom. The Kier molecular flexibility index (Phi) is 7.13. The van der Waals surface area contributed by atoms with Gasteiger partial charge in [0.15, 0.2) is 0 Å². The number of esters is 1. The van der Waals surface area contributed by atoms with Crippen LogP contribution in [0.4, 0.5) is 9.39 Å². The van der Waals surface area contributed by atoms with Gasteiger partial charge in [-0.25, -0.2) is 26.4 Å². The molecule has 3 aromatic heterocycles. The highest BCUT2D eigenvalue weighted by Crippen LogP contribution is 2.48. The number of rotatable bonds is 6. The summed E-state index contributed by atoms with van der Waals surface area (Å²) in [6, 6.07) is 22.4. The van der Waals surface area contributed by atoms with E-state index in [4.69, 9.17) is 11.3 Å². The van der Waals surface area contributed by atoms with Crippen molar-refractivity contribution in [3.8, 4) is 33.6 Å². The fraction of sp³-hybridized carbons (Fsp3) is 0.0606. The Morgan fingerprint density at radius 1 is 0.977 bits per heavy atom. The minimum atomic E-state index is -4.21. The zero-order chi connectivity index (χ0) is 30.3. The first-order valence-corrected chi connectivity index (χ1v) is 15.3. The zero-order valence-corrected chi connectivity index (χ0v) is 24.5. The second kappa shape index (κ2) is 10.9. The molecule has 0 atom stereocenters. The highest BCUT2D eigenvalue weighted by Gasteiger charge is 2.30. The Hall–Kier alpha value is -5.11. The monoisotopic (exact) mass is 607 g/mol. The highest BCUT2D eigenvalue weighted by molar-refractivity contribution is 7.90. The van der Waals surface area contributed by atoms with Crippen LogP contribution in [0, 0.1) is 19.3 Å². The normalized spacial score (nSPS) is 11.4. The molecule has 0 aliphatic carbocycles. The number of benzene rings is 3. The number of hydrogen-bond donors (Lipinski definition) is 0. The van der Waals surface area contributed by atoms with E-state index < -0.39 is 21.8 Å². The molecule has 6 rings (SSSR count). The van der Waals surface area contributed by atoms with Crippen molar-refractivity contribution >= 4 is 43.2 Å². The first-order valence-electron chi connectivity index (χ1n) is 13.0. The molecule has 10 heteroatoms. The highest BCUT2D eigenvalue weighted by atomic mass is 32.2. The molecule has 0 aliphatic rings. The van der Waals surface area contributed by atoms with Crippen LogP contribution in [0.2, 0.25) is 0 Å². The summed E-state index contributed by atoms with van der Waals surface area (Å²) in [5.41, 5.74) is 4.45. The Bertz CT molecular complexity index is 2180. The third-order valence-electron chi connectivity index (χ3n) is 7.10. The van der Waals surface area contributed by atoms with Crippen molar-refractivity contribution in [3.05, 3.63) is 125 Å². The number of halogens is 1. The number of thiophene rings is 1. The molecule has 3 heterocycles. The van der Waals surface area contributed by atoms with Crippen LogP contribution in [-0.4, -0.2) is 30.5 Å². The summed E-state index contributed by atoms with van der Waals surface area (Å²) in [7, 11) is -2.90. The average Bonchev–Trinajstić information content (AvgIpc) is 3.63. The SMILES string of the molecule is [C-]#[N+]c1sccc1-c1c(-c2ccnc(-c3ccc(C(=O)OC)cc3)c2)n(S(=O)(=O)c2ccc(C)cc2)c2ccc(F)cc12. The van der Waals surface area contributed by atoms with Crippen molar-refractivity contribution in [2.24, 2.45) is 0 Å². The molecule has 0 radical (unpaired) electrons. The molecular weight excluding hydrogens is 586 g/mol. The van der Waals surface area contributed by atoms with Gasteiger partial charge in [0, 0.05) is 33.8 Å². The molecule has 43 heavy (non-hydrogen) atoms. The lowest BCUT2D eigenvalue weighted by Crippen LogP contribution is -2.14. The van der Waals surface area contributed by atoms with E-state index in [1.54, 1.807) is 78.3 Å². The lowest BCUT2D eigenvalue weighted by molar-refractivity contribution is 0.0600. The molecule has 0 saturated heterocycles. The van der Waals surface area contributed by atoms with E-state index in [0.29, 0.717) is 43.9 Å². The van der Waals surface area contributed by atoms with Gasteiger partial charge in [0.25, 0.3) is 10.0 Å². The first-order chi connectivity index (χ1) is 20.7. The molecule has 0 aliphatic heterocycles. The van der Waals surface area contributed by atoms with Crippen LogP contribution in [0.5, 0.6) is 0 Å². The topological polar surface area (TPSA) is 82.6 Å². The standard InChI is InChI=1S/C33H22FN3O4S2/c1-20-4-11-25(12-5-20)43(39,40)37-29-13-10-24(34)19-27(29)30(26-15-17-42-32(26)35-2)31(37)23-14-16-36-28(18-23)21-6-8-22(9-7-21)33(38)41-3/h4-19H,1,3H3. The third kappa shape index (κ3) is 4.88. The second-order valence-electron chi connectivity index (χ2n) is 9.72. The smallest absolute Gasteiger partial charge is 0.337 e. The van der Waals surface area contributed by atoms with Crippen molar-refractivity contribution in [2.45, 2.75) is 11.8 Å². The van der Waals surface area contributed by atoms with Gasteiger partial charge < -0.3 is 4.74 Å². The minimum Gasteiger partial charge on any atom is -0.465 e. The largest absolute Gasteiger partial charge is 0.465 e. The van der Waals surface area contributed by atoms with Crippen LogP contribution in [-0.2, 0) is 14.8 Å². The number of methoxy groups -OCH3 is 1. The van der Waals surface area contributed by atoms with Crippen LogP contribution >= 0.6 is 11.3 Å². The van der Waals surface area contributed by atoms with Crippen molar-refractivity contribution in [1.82, 2.24) is 8.96 Å². The maximum atomic E-state index is 14.8. The Labute approximate surface area is 251 Å². The van der Waals surface area contributed by atoms with Gasteiger partial charge in [-0.3, -0.25) is 4.98 Å². The number of carbonyl (C=O) groups excluding carboxylic acids is 1. The minimum absolute atomic E-state index is 0.0653. The maximum Gasteiger partial charge on any atom is 0.337 e. The molecule has 7 nitrogen and oxygen atoms in total. The summed E-state index contributed by atoms with van der Waals surface area (Å²) in [6.07, 6.45) is 1.56. The molecule has 0 fully saturated rings. The summed E-state index contributed by atoms with van der Waals surface area (Å²) < 4.78 is 49.6. The van der Waals surface area contributed by atoms with Gasteiger partial charge in [-0.05, 0) is 66.9 Å². The number of hydrogen-bond acceptors (Lipinski definition) is 6. The van der Waals surface area contributed by atoms with Gasteiger partial charge in [-0.2, -0.15) is 11.3 Å². The van der Waals surface area contributed by atoms with E-state index in [9.17, 15) is 17.6 Å². The van der Waals surface area contributed by atoms with E-state index >= 15 is 0 Å². The van der Waals surface area contributed by atoms with Crippen LogP contribution in [0.1, 0.15) is 15.9 Å². The van der Waals surface area contributed by atoms with Crippen LogP contribution in [0.15, 0.2) is 101 Å². The molecule has 0 amide bonds. The van der Waals surface area contributed by atoms with E-state index in [1.807, 2.05) is 6.92 Å². The molecule has 6 aromatic rings. The molecule has 0 spiro atoms. The number of carbonyl (C=O) groups is 1. The van der Waals surface area contributed by atoms with Crippen LogP contribution in [0.25, 0.3) is 49.4 Å². The summed E-state index contributed by atoms with van der Waals surface area (Å²) in [5.74, 6) is -1.01. The van der Waals surface area contributed by atoms with Crippen molar-refractivity contribution in [1.29, 1.82) is 0 Å². The van der Waals surface area contributed by atoms with Crippen LogP contribution < -0.4 is 0 Å². The van der Waals surface area contributed by atoms with Crippen molar-refractivity contribution < 1.29 is 22.3 Å². The van der Waals surface area contributed by atoms with E-state index in [1.165, 1.54) is 40.6 Å². The fourth-order valence-electron chi connectivity index (χ4n) is 5.04. The number of nitrogens with zero attached hydrogens (tertiary/aromatic N) is 3. The van der Waals surface area contributed by atoms with Gasteiger partial charge in [0.05, 0.1) is 41.0 Å². The maximum absolute atomic E-state index is 14.8. The quantitative estimate of drug-likeness (QED) is 0.141. The lowest BCUT2D eigenvalue weighted by Gasteiger charge is -2.15. The lowest BCUT2D eigenvalue weighted by atomic mass is 9.99. The van der Waals surface area contributed by atoms with E-state index in [0.717, 1.165) is 5.56 Å². The fourth-order valence-corrected chi connectivity index (χ4v) is 7.27. The van der Waals surface area contributed by atoms with Gasteiger partial charge in [-0.1, -0.05) is 35.9 Å². The van der Waals surface area contributed by atoms with Gasteiger partial charge in [0.2, 0.25) is 5.00 Å². The summed E-state index contributed by atoms with van der Waals surface area (Å²) in [6.45, 7) is 9.63. The zero-order valence-electron chi connectivity index (χ0n) is 22.9. The molecule has 0 unspecified atom stereocenters. The van der Waals surface area contributed by atoms with Gasteiger partial charge in [0.1, 0.15) is 5.82 Å². The van der Waals surface area contributed by atoms with Gasteiger partial charge in [-0.15, -0.1) is 0 Å². The molecule has 0 bridgehead atoms. The molecule has 212 valence electrons. The number of fused-ring (bicyclic) bond motifs is 1. The summed E-state index contributed by atoms with van der Waals surface area (Å²) >= 11 is 1.22. The second-order valence-corrected chi connectivity index (χ2v) is 12.4. The Morgan fingerprint density at radius 3 is 2.42 bits per heavy atom. The first kappa shape index (κ1) is 28.0. The summed E-state index contributed by atoms with van der Waals surface area (Å²) in [4.78, 5) is 20.2. The van der Waals surface area contributed by atoms with Crippen molar-refractivity contribution in [3.63, 3.8) is 0 Å². The molecule has 0 saturated carbocycles. The number of pyridine rings is 1. The van der Waals surface area contributed by atoms with Crippen molar-refractivity contribution in [2.75, 3.05) is 7.11 Å². The number of ether oxygens (including phenoxy) is 1. The third-order valence-corrected chi connectivity index (χ3v) is 9.63. The molecule has 3 aromatic carbocycles. The Balaban J connectivity index is 1.68. The summed E-state index contributed by atoms with van der Waals surface area (Å²) in [5, 5.41) is 2.46. The van der Waals surface area contributed by atoms with E-state index in [-0.39, 0.29) is 16.1 Å². The predicted molar refractivity (Wildman–Crippen MR) is 165 cm³/mol. The average molecular weight is 608 g/mol. The number of aromatic nitrogens is 2. The predicted octanol–water partition coefficient (Wildman–Crippen LogP) is 8.12. The molecule has 0 N–H and O–H groups in total. The van der Waals surface area contributed by atoms with E-state index in [2.05, 4.69) is 9.83 Å².